The summed E-state index contributed by atoms with van der Waals surface area (Å²) in [6.45, 7) is 5.82. The lowest BCUT2D eigenvalue weighted by molar-refractivity contribution is 0.246. The molecule has 90 valence electrons. The summed E-state index contributed by atoms with van der Waals surface area (Å²) < 4.78 is 5.50. The fourth-order valence-electron chi connectivity index (χ4n) is 1.55. The molecule has 1 aromatic carbocycles. The molecular formula is C13H21NO2. The van der Waals surface area contributed by atoms with Crippen molar-refractivity contribution < 1.29 is 9.84 Å². The number of benzene rings is 1. The number of rotatable bonds is 7. The van der Waals surface area contributed by atoms with E-state index in [1.165, 1.54) is 0 Å². The van der Waals surface area contributed by atoms with Gasteiger partial charge in [-0.1, -0.05) is 26.0 Å². The van der Waals surface area contributed by atoms with Gasteiger partial charge in [0.25, 0.3) is 0 Å². The number of hydrogen-bond donors (Lipinski definition) is 2. The zero-order valence-electron chi connectivity index (χ0n) is 10.1. The van der Waals surface area contributed by atoms with Crippen LogP contribution in [0.4, 0.5) is 0 Å². The lowest BCUT2D eigenvalue weighted by Crippen LogP contribution is -2.23. The molecule has 1 aromatic rings. The number of likely N-dealkylation sites (N-methyl/N-ethyl adjacent to an activating group) is 1. The zero-order valence-corrected chi connectivity index (χ0v) is 10.1. The second kappa shape index (κ2) is 7.25. The number of hydrogen-bond acceptors (Lipinski definition) is 3. The fourth-order valence-corrected chi connectivity index (χ4v) is 1.55. The fraction of sp³-hybridized carbons (Fsp3) is 0.538. The topological polar surface area (TPSA) is 41.5 Å². The third-order valence-corrected chi connectivity index (χ3v) is 2.39. The lowest BCUT2D eigenvalue weighted by atomic mass is 10.1. The molecule has 0 fully saturated rings. The standard InChI is InChI=1S/C13H21NO2/c1-3-9-16-12-7-5-11(6-8-12)13(10-15)14-4-2/h5-8,13-15H,3-4,9-10H2,1-2H3. The van der Waals surface area contributed by atoms with Gasteiger partial charge in [-0.25, -0.2) is 0 Å². The van der Waals surface area contributed by atoms with Gasteiger partial charge in [-0.2, -0.15) is 0 Å². The number of aliphatic hydroxyl groups is 1. The molecule has 0 saturated carbocycles. The first-order valence-electron chi connectivity index (χ1n) is 5.88. The molecule has 0 aliphatic carbocycles. The van der Waals surface area contributed by atoms with E-state index in [0.717, 1.165) is 30.9 Å². The van der Waals surface area contributed by atoms with Crippen molar-refractivity contribution in [3.8, 4) is 5.75 Å². The average Bonchev–Trinajstić information content (AvgIpc) is 2.34. The minimum absolute atomic E-state index is 0.0187. The van der Waals surface area contributed by atoms with E-state index in [0.29, 0.717) is 0 Å². The SMILES string of the molecule is CCCOc1ccc(C(CO)NCC)cc1. The minimum atomic E-state index is 0.0187. The van der Waals surface area contributed by atoms with Crippen LogP contribution in [0, 0.1) is 0 Å². The molecule has 0 aromatic heterocycles. The van der Waals surface area contributed by atoms with Gasteiger partial charge in [-0.15, -0.1) is 0 Å². The molecule has 1 rings (SSSR count). The van der Waals surface area contributed by atoms with Crippen LogP contribution < -0.4 is 10.1 Å². The van der Waals surface area contributed by atoms with Crippen molar-refractivity contribution in [3.05, 3.63) is 29.8 Å². The Morgan fingerprint density at radius 2 is 1.94 bits per heavy atom. The quantitative estimate of drug-likeness (QED) is 0.744. The zero-order chi connectivity index (χ0) is 11.8. The van der Waals surface area contributed by atoms with E-state index < -0.39 is 0 Å². The molecule has 1 unspecified atom stereocenters. The third kappa shape index (κ3) is 3.83. The van der Waals surface area contributed by atoms with Gasteiger partial charge in [0.15, 0.2) is 0 Å². The van der Waals surface area contributed by atoms with Gasteiger partial charge in [0.2, 0.25) is 0 Å². The Balaban J connectivity index is 2.61. The first-order valence-corrected chi connectivity index (χ1v) is 5.88. The molecule has 0 amide bonds. The van der Waals surface area contributed by atoms with Crippen LogP contribution in [0.3, 0.4) is 0 Å². The maximum absolute atomic E-state index is 9.23. The monoisotopic (exact) mass is 223 g/mol. The molecule has 3 heteroatoms. The summed E-state index contributed by atoms with van der Waals surface area (Å²) in [6.07, 6.45) is 1.01. The van der Waals surface area contributed by atoms with E-state index >= 15 is 0 Å². The van der Waals surface area contributed by atoms with Gasteiger partial charge in [0.05, 0.1) is 19.3 Å². The second-order valence-corrected chi connectivity index (χ2v) is 3.71. The maximum Gasteiger partial charge on any atom is 0.119 e. The number of aliphatic hydroxyl groups excluding tert-OH is 1. The maximum atomic E-state index is 9.23. The van der Waals surface area contributed by atoms with Crippen LogP contribution in [-0.4, -0.2) is 24.9 Å². The molecule has 0 spiro atoms. The number of nitrogens with one attached hydrogen (secondary N) is 1. The van der Waals surface area contributed by atoms with E-state index in [4.69, 9.17) is 4.74 Å². The van der Waals surface area contributed by atoms with Crippen molar-refractivity contribution in [2.45, 2.75) is 26.3 Å². The molecule has 0 saturated heterocycles. The van der Waals surface area contributed by atoms with E-state index in [2.05, 4.69) is 12.2 Å². The molecule has 16 heavy (non-hydrogen) atoms. The Bertz CT molecular complexity index is 284. The van der Waals surface area contributed by atoms with E-state index in [1.807, 2.05) is 31.2 Å². The van der Waals surface area contributed by atoms with E-state index in [-0.39, 0.29) is 12.6 Å². The van der Waals surface area contributed by atoms with Crippen molar-refractivity contribution in [2.24, 2.45) is 0 Å². The van der Waals surface area contributed by atoms with Crippen LogP contribution in [0.5, 0.6) is 5.75 Å². The predicted molar refractivity (Wildman–Crippen MR) is 65.7 cm³/mol. The van der Waals surface area contributed by atoms with Crippen LogP contribution in [0.25, 0.3) is 0 Å². The minimum Gasteiger partial charge on any atom is -0.494 e. The molecule has 1 atom stereocenters. The molecule has 0 aliphatic heterocycles. The van der Waals surface area contributed by atoms with Crippen LogP contribution >= 0.6 is 0 Å². The highest BCUT2D eigenvalue weighted by atomic mass is 16.5. The van der Waals surface area contributed by atoms with Crippen molar-refractivity contribution in [1.82, 2.24) is 5.32 Å². The summed E-state index contributed by atoms with van der Waals surface area (Å²) in [5.74, 6) is 0.888. The highest BCUT2D eigenvalue weighted by Crippen LogP contribution is 2.17. The third-order valence-electron chi connectivity index (χ3n) is 2.39. The molecule has 0 radical (unpaired) electrons. The highest BCUT2D eigenvalue weighted by molar-refractivity contribution is 5.29. The smallest absolute Gasteiger partial charge is 0.119 e. The van der Waals surface area contributed by atoms with Crippen molar-refractivity contribution in [2.75, 3.05) is 19.8 Å². The first kappa shape index (κ1) is 13.0. The molecule has 0 bridgehead atoms. The van der Waals surface area contributed by atoms with E-state index in [9.17, 15) is 5.11 Å². The Morgan fingerprint density at radius 1 is 1.25 bits per heavy atom. The summed E-state index contributed by atoms with van der Waals surface area (Å²) in [5, 5.41) is 12.4. The predicted octanol–water partition coefficient (Wildman–Crippen LogP) is 2.12. The Hall–Kier alpha value is -1.06. The van der Waals surface area contributed by atoms with Gasteiger partial charge in [0, 0.05) is 0 Å². The van der Waals surface area contributed by atoms with Crippen molar-refractivity contribution >= 4 is 0 Å². The molecule has 3 nitrogen and oxygen atoms in total. The van der Waals surface area contributed by atoms with Gasteiger partial charge in [-0.05, 0) is 30.7 Å². The van der Waals surface area contributed by atoms with Gasteiger partial charge < -0.3 is 15.2 Å². The summed E-state index contributed by atoms with van der Waals surface area (Å²) in [6, 6.07) is 7.91. The Labute approximate surface area is 97.4 Å². The molecule has 2 N–H and O–H groups in total. The van der Waals surface area contributed by atoms with E-state index in [1.54, 1.807) is 0 Å². The van der Waals surface area contributed by atoms with Crippen LogP contribution in [0.1, 0.15) is 31.9 Å². The van der Waals surface area contributed by atoms with Gasteiger partial charge in [-0.3, -0.25) is 0 Å². The van der Waals surface area contributed by atoms with Crippen molar-refractivity contribution in [3.63, 3.8) is 0 Å². The summed E-state index contributed by atoms with van der Waals surface area (Å²) in [5.41, 5.74) is 1.09. The summed E-state index contributed by atoms with van der Waals surface area (Å²) >= 11 is 0. The highest BCUT2D eigenvalue weighted by Gasteiger charge is 2.08. The normalized spacial score (nSPS) is 12.4. The van der Waals surface area contributed by atoms with Crippen LogP contribution in [0.15, 0.2) is 24.3 Å². The molecule has 0 heterocycles. The van der Waals surface area contributed by atoms with Gasteiger partial charge >= 0.3 is 0 Å². The second-order valence-electron chi connectivity index (χ2n) is 3.71. The van der Waals surface area contributed by atoms with Crippen LogP contribution in [0.2, 0.25) is 0 Å². The summed E-state index contributed by atoms with van der Waals surface area (Å²) in [4.78, 5) is 0. The number of ether oxygens (including phenoxy) is 1. The van der Waals surface area contributed by atoms with Crippen LogP contribution in [-0.2, 0) is 0 Å². The summed E-state index contributed by atoms with van der Waals surface area (Å²) in [7, 11) is 0. The molecular weight excluding hydrogens is 202 g/mol. The largest absolute Gasteiger partial charge is 0.494 e. The average molecular weight is 223 g/mol. The Morgan fingerprint density at radius 3 is 2.44 bits per heavy atom. The Kier molecular flexibility index (Phi) is 5.90. The molecule has 0 aliphatic rings. The first-order chi connectivity index (χ1) is 7.81. The van der Waals surface area contributed by atoms with Gasteiger partial charge in [0.1, 0.15) is 5.75 Å². The lowest BCUT2D eigenvalue weighted by Gasteiger charge is -2.15. The van der Waals surface area contributed by atoms with Crippen molar-refractivity contribution in [1.29, 1.82) is 0 Å².